The molecule has 14 heterocycles. The van der Waals surface area contributed by atoms with E-state index in [0.717, 1.165) is 258 Å². The number of anilines is 7. The number of rotatable bonds is 23. The molecule has 4 atom stereocenters. The fourth-order valence-electron chi connectivity index (χ4n) is 20.6. The number of carbonyl (C=O) groups excluding carboxylic acids is 4. The fraction of sp³-hybridized carbons (Fsp3) is 0.485. The van der Waals surface area contributed by atoms with Crippen molar-refractivity contribution in [2.45, 2.75) is 193 Å². The Bertz CT molecular complexity index is 7440. The molecular formula is C101H126Cl3FN24O13S4. The first-order chi connectivity index (χ1) is 69.5. The zero-order valence-corrected chi connectivity index (χ0v) is 89.5. The number of fused-ring (bicyclic) bond motifs is 4. The number of hydrogen-bond donors (Lipinski definition) is 4. The maximum Gasteiger partial charge on any atom is 0.256 e. The predicted molar refractivity (Wildman–Crippen MR) is 566 cm³/mol. The summed E-state index contributed by atoms with van der Waals surface area (Å²) in [5, 5.41) is 20.7. The van der Waals surface area contributed by atoms with Crippen LogP contribution < -0.4 is 33.6 Å². The van der Waals surface area contributed by atoms with Gasteiger partial charge in [-0.2, -0.15) is 29.4 Å². The number of piperazine rings is 1. The summed E-state index contributed by atoms with van der Waals surface area (Å²) in [6, 6.07) is 30.5. The van der Waals surface area contributed by atoms with E-state index in [2.05, 4.69) is 69.6 Å². The van der Waals surface area contributed by atoms with Gasteiger partial charge in [-0.1, -0.05) is 54.6 Å². The molecule has 2 saturated carbocycles. The van der Waals surface area contributed by atoms with Crippen molar-refractivity contribution in [3.63, 3.8) is 0 Å². The van der Waals surface area contributed by atoms with Crippen molar-refractivity contribution in [3.8, 4) is 0 Å². The molecule has 4 amide bonds. The number of aromatic nitrogens is 12. The Balaban J connectivity index is 0.000000134. The summed E-state index contributed by atoms with van der Waals surface area (Å²) in [6.07, 6.45) is 22.5. The molecule has 780 valence electrons. The Morgan fingerprint density at radius 2 is 0.740 bits per heavy atom. The summed E-state index contributed by atoms with van der Waals surface area (Å²) in [6.45, 7) is 19.8. The monoisotopic (exact) mass is 2130 g/mol. The minimum atomic E-state index is -3.64. The number of nitrogens with zero attached hydrogens (tertiary/aromatic N) is 20. The van der Waals surface area contributed by atoms with Crippen molar-refractivity contribution in [2.24, 2.45) is 0 Å². The third kappa shape index (κ3) is 24.8. The average molecular weight is 2140 g/mol. The van der Waals surface area contributed by atoms with Crippen LogP contribution in [0.3, 0.4) is 0 Å². The second-order valence-corrected chi connectivity index (χ2v) is 47.8. The van der Waals surface area contributed by atoms with E-state index in [9.17, 15) is 57.2 Å². The lowest BCUT2D eigenvalue weighted by Gasteiger charge is -2.35. The summed E-state index contributed by atoms with van der Waals surface area (Å²) < 4.78 is 132. The van der Waals surface area contributed by atoms with E-state index >= 15 is 0 Å². The third-order valence-corrected chi connectivity index (χ3v) is 31.3. The minimum absolute atomic E-state index is 0.0212. The van der Waals surface area contributed by atoms with E-state index in [-0.39, 0.29) is 86.9 Å². The van der Waals surface area contributed by atoms with Gasteiger partial charge in [0.05, 0.1) is 130 Å². The van der Waals surface area contributed by atoms with Crippen molar-refractivity contribution >= 4 is 161 Å². The lowest BCUT2D eigenvalue weighted by Crippen LogP contribution is -2.45. The topological polar surface area (TPSA) is 409 Å². The highest BCUT2D eigenvalue weighted by molar-refractivity contribution is 7.92. The van der Waals surface area contributed by atoms with Gasteiger partial charge in [0.1, 0.15) is 23.3 Å². The highest BCUT2D eigenvalue weighted by atomic mass is 35.5. The summed E-state index contributed by atoms with van der Waals surface area (Å²) >= 11 is 18.7. The van der Waals surface area contributed by atoms with Crippen LogP contribution in [-0.2, 0) is 44.8 Å². The first-order valence-corrected chi connectivity index (χ1v) is 58.6. The Morgan fingerprint density at radius 3 is 1.12 bits per heavy atom. The number of carbonyl (C=O) groups is 4. The van der Waals surface area contributed by atoms with Crippen LogP contribution in [0.25, 0.3) is 22.6 Å². The molecule has 8 fully saturated rings. The van der Waals surface area contributed by atoms with Crippen LogP contribution in [0.2, 0.25) is 15.1 Å². The Kier molecular flexibility index (Phi) is 32.2. The molecule has 146 heavy (non-hydrogen) atoms. The molecule has 8 aliphatic rings. The highest BCUT2D eigenvalue weighted by Crippen LogP contribution is 2.45. The number of nitrogens with one attached hydrogen (secondary N) is 4. The van der Waals surface area contributed by atoms with Gasteiger partial charge < -0.3 is 43.9 Å². The van der Waals surface area contributed by atoms with Gasteiger partial charge in [0, 0.05) is 177 Å². The molecule has 4 N–H and O–H groups in total. The maximum atomic E-state index is 14.0. The molecule has 4 aromatic carbocycles. The largest absolute Gasteiger partial charge is 0.378 e. The number of hydrogen-bond acceptors (Lipinski definition) is 25. The molecule has 37 nitrogen and oxygen atoms in total. The van der Waals surface area contributed by atoms with Gasteiger partial charge in [-0.15, -0.1) is 0 Å². The van der Waals surface area contributed by atoms with Crippen molar-refractivity contribution in [3.05, 3.63) is 215 Å². The number of aryl methyl sites for hydroxylation is 3. The first kappa shape index (κ1) is 106. The smallest absolute Gasteiger partial charge is 0.256 e. The quantitative estimate of drug-likeness (QED) is 0.0462. The molecule has 45 heteroatoms. The molecule has 0 bridgehead atoms. The molecule has 20 rings (SSSR count). The van der Waals surface area contributed by atoms with Crippen LogP contribution in [0, 0.1) is 33.5 Å². The summed E-state index contributed by atoms with van der Waals surface area (Å²) in [5.74, 6) is 2.06. The number of benzene rings is 4. The zero-order chi connectivity index (χ0) is 104. The van der Waals surface area contributed by atoms with Gasteiger partial charge >= 0.3 is 0 Å². The van der Waals surface area contributed by atoms with Crippen LogP contribution in [-0.4, -0.2) is 265 Å². The minimum Gasteiger partial charge on any atom is -0.378 e. The highest BCUT2D eigenvalue weighted by Gasteiger charge is 2.40. The molecule has 0 radical (unpaired) electrons. The fourth-order valence-corrected chi connectivity index (χ4v) is 23.4. The Labute approximate surface area is 865 Å². The Hall–Kier alpha value is -11.6. The van der Waals surface area contributed by atoms with Crippen molar-refractivity contribution in [1.82, 2.24) is 82.9 Å². The van der Waals surface area contributed by atoms with E-state index in [0.29, 0.717) is 84.1 Å². The second-order valence-electron chi connectivity index (χ2n) is 39.5. The van der Waals surface area contributed by atoms with E-state index in [1.807, 2.05) is 83.5 Å². The number of halogens is 4. The number of amides is 4. The second kappa shape index (κ2) is 44.4. The SMILES string of the molecule is CCCN(C)c1cc(C)n2nc([C@@H]3CCCCN3C(=O)c3cc(Cl)ccc3NS(C)(=O)=O)cc2n1.CN1CCN(c2cc(C3CC3)nc3cc([C@@H]4CCCCN4C(=O)c4cc(Cl)ccc4NS(C)(=O)=O)nn23)CC1.CS(=O)(=O)Nc1ccc(Cl)cc1C(=O)N1CCCC[C@H]1c1cc2nc(C3CCCC3)cc(N3CCOCC3)n2n1.Cc1nc2cc([C@@H]3CCCCN3C(=O)c3cc(F)ccc3NS(C)(=O)=O)nn2c(C)c1C. The number of likely N-dealkylation sites (tertiary alicyclic amines) is 4. The van der Waals surface area contributed by atoms with Crippen molar-refractivity contribution in [2.75, 3.05) is 158 Å². The van der Waals surface area contributed by atoms with Crippen molar-refractivity contribution in [1.29, 1.82) is 0 Å². The summed E-state index contributed by atoms with van der Waals surface area (Å²) in [5.41, 5.74) is 13.6. The molecule has 12 aromatic rings. The van der Waals surface area contributed by atoms with Gasteiger partial charge in [-0.3, -0.25) is 38.1 Å². The molecule has 6 saturated heterocycles. The zero-order valence-electron chi connectivity index (χ0n) is 84.0. The maximum absolute atomic E-state index is 14.0. The van der Waals surface area contributed by atoms with E-state index in [1.165, 1.54) is 68.1 Å². The molecule has 0 unspecified atom stereocenters. The summed E-state index contributed by atoms with van der Waals surface area (Å²) in [7, 11) is -10.2. The van der Waals surface area contributed by atoms with E-state index in [1.54, 1.807) is 37.4 Å². The molecule has 0 spiro atoms. The molecule has 6 aliphatic heterocycles. The van der Waals surface area contributed by atoms with Crippen LogP contribution in [0.5, 0.6) is 0 Å². The Morgan fingerprint density at radius 1 is 0.397 bits per heavy atom. The van der Waals surface area contributed by atoms with Crippen LogP contribution in [0.4, 0.5) is 44.6 Å². The lowest BCUT2D eigenvalue weighted by atomic mass is 9.98. The van der Waals surface area contributed by atoms with Crippen LogP contribution >= 0.6 is 34.8 Å². The van der Waals surface area contributed by atoms with Crippen molar-refractivity contribution < 1.29 is 62.0 Å². The predicted octanol–water partition coefficient (Wildman–Crippen LogP) is 16.2. The molecule has 2 aliphatic carbocycles. The molecule has 8 aromatic heterocycles. The average Bonchev–Trinajstić information content (AvgIpc) is 1.64. The number of morpholine rings is 1. The number of likely N-dealkylation sites (N-methyl/N-ethyl adjacent to an activating group) is 1. The van der Waals surface area contributed by atoms with Gasteiger partial charge in [0.15, 0.2) is 22.6 Å². The summed E-state index contributed by atoms with van der Waals surface area (Å²) in [4.78, 5) is 90.7. The van der Waals surface area contributed by atoms with Gasteiger partial charge in [-0.05, 0) is 222 Å². The van der Waals surface area contributed by atoms with Gasteiger partial charge in [-0.25, -0.2) is 67.0 Å². The normalized spacial score (nSPS) is 19.0. The van der Waals surface area contributed by atoms with Crippen LogP contribution in [0.1, 0.15) is 263 Å². The number of ether oxygens (including phenoxy) is 1. The van der Waals surface area contributed by atoms with E-state index < -0.39 is 51.8 Å². The lowest BCUT2D eigenvalue weighted by molar-refractivity contribution is 0.0599. The number of piperidine rings is 4. The number of sulfonamides is 4. The van der Waals surface area contributed by atoms with Gasteiger partial charge in [0.2, 0.25) is 40.1 Å². The molecular weight excluding hydrogens is 2010 g/mol. The third-order valence-electron chi connectivity index (χ3n) is 28.2. The van der Waals surface area contributed by atoms with E-state index in [4.69, 9.17) is 74.9 Å². The van der Waals surface area contributed by atoms with Gasteiger partial charge in [0.25, 0.3) is 23.6 Å². The first-order valence-electron chi connectivity index (χ1n) is 49.9. The van der Waals surface area contributed by atoms with Crippen LogP contribution in [0.15, 0.2) is 115 Å². The standard InChI is InChI=1S/C28H35ClN6O4S.C27H34ClN7O3S.C24H31ClN6O3S.C22H26FN5O3S/c1-40(37,38)32-22-10-9-20(29)16-21(22)28(36)34-11-5-4-8-25(34)24-17-26-30-23(19-6-2-3-7-19)18-27(35(26)31-24)33-12-14-39-15-13-33;1-32-11-13-33(14-12-32)26-17-22(18-6-7-18)29-25-16-23(30-35(25)26)24-5-3-4-10-34(24)27(36)20-15-19(28)8-9-21(20)31-39(2,37)38;1-5-11-29(3)22-13-16(2)31-23(26-22)15-20(27-31)21-8-6-7-12-30(21)24(32)18-14-17(25)9-10-19(18)28-35(4,33)34;1-13-14(2)24-21-12-19(25-28(21)15(13)3)20-7-5-6-10-27(20)22(29)17-11-16(23)8-9-18(17)26-32(4,30)31/h9-10,16-19,25,32H,2-8,11-15H2,1H3;8-9,15-18,24,31H,3-7,10-14H2,1-2H3;9-10,13-15,21,28H,5-8,11-12H2,1-4H3;8-9,11-12,20,26H,5-7,10H2,1-4H3/t25-;24-;21-;20-/m0000/s1.